The van der Waals surface area contributed by atoms with Crippen LogP contribution >= 0.6 is 7.82 Å². The summed E-state index contributed by atoms with van der Waals surface area (Å²) in [5.41, 5.74) is 1.91. The molecule has 0 bridgehead atoms. The highest BCUT2D eigenvalue weighted by molar-refractivity contribution is 7.47. The number of esters is 1. The average molecular weight is 517 g/mol. The number of aryl methyl sites for hydroxylation is 1. The lowest BCUT2D eigenvalue weighted by molar-refractivity contribution is -0.150. The van der Waals surface area contributed by atoms with Crippen LogP contribution in [0.3, 0.4) is 0 Å². The van der Waals surface area contributed by atoms with Crippen molar-refractivity contribution in [3.8, 4) is 6.26 Å². The van der Waals surface area contributed by atoms with Crippen molar-refractivity contribution in [2.75, 3.05) is 6.61 Å². The fourth-order valence-electron chi connectivity index (χ4n) is 3.20. The maximum atomic E-state index is 12.2. The Kier molecular flexibility index (Phi) is 9.38. The highest BCUT2D eigenvalue weighted by atomic mass is 31.2. The molecule has 13 heteroatoms. The van der Waals surface area contributed by atoms with Gasteiger partial charge in [-0.25, -0.2) is 9.08 Å². The first-order valence-corrected chi connectivity index (χ1v) is 12.7. The van der Waals surface area contributed by atoms with Crippen molar-refractivity contribution in [1.82, 2.24) is 14.2 Å². The third kappa shape index (κ3) is 7.50. The summed E-state index contributed by atoms with van der Waals surface area (Å²) in [6, 6.07) is 12.4. The average Bonchev–Trinajstić information content (AvgIpc) is 3.28. The van der Waals surface area contributed by atoms with Gasteiger partial charge in [0.15, 0.2) is 5.49 Å². The maximum absolute atomic E-state index is 12.2. The Hall–Kier alpha value is -3.49. The lowest BCUT2D eigenvalue weighted by Crippen LogP contribution is -2.25. The molecule has 2 atom stereocenters. The zero-order valence-electron chi connectivity index (χ0n) is 19.9. The number of carbonyl (C=O) groups excluding carboxylic acids is 1. The fourth-order valence-corrected chi connectivity index (χ4v) is 3.85. The predicted molar refractivity (Wildman–Crippen MR) is 126 cm³/mol. The molecule has 3 rings (SSSR count). The lowest BCUT2D eigenvalue weighted by Gasteiger charge is -2.15. The molecule has 1 unspecified atom stereocenters. The molecule has 0 amide bonds. The number of hydrogen-bond donors (Lipinski definition) is 2. The van der Waals surface area contributed by atoms with E-state index in [9.17, 15) is 14.3 Å². The molecular formula is C23H28N5O7P. The Morgan fingerprint density at radius 1 is 1.22 bits per heavy atom. The molecular weight excluding hydrogens is 489 g/mol. The zero-order valence-corrected chi connectivity index (χ0v) is 20.8. The van der Waals surface area contributed by atoms with Gasteiger partial charge in [0.2, 0.25) is 0 Å². The number of ether oxygens (including phenoxy) is 2. The number of phosphoric acid groups is 1. The van der Waals surface area contributed by atoms with Gasteiger partial charge in [-0.15, -0.1) is 0 Å². The van der Waals surface area contributed by atoms with E-state index in [0.29, 0.717) is 23.9 Å². The van der Waals surface area contributed by atoms with Gasteiger partial charge in [0.1, 0.15) is 31.3 Å². The molecule has 192 valence electrons. The molecule has 1 aromatic carbocycles. The van der Waals surface area contributed by atoms with Crippen LogP contribution in [0.2, 0.25) is 0 Å². The van der Waals surface area contributed by atoms with Crippen molar-refractivity contribution in [3.05, 3.63) is 65.5 Å². The third-order valence-electron chi connectivity index (χ3n) is 5.19. The number of phosphoric ester groups is 1. The van der Waals surface area contributed by atoms with Crippen LogP contribution in [0.4, 0.5) is 0 Å². The van der Waals surface area contributed by atoms with E-state index in [0.717, 1.165) is 5.69 Å². The smallest absolute Gasteiger partial charge is 0.461 e. The largest absolute Gasteiger partial charge is 0.474 e. The van der Waals surface area contributed by atoms with Crippen molar-refractivity contribution >= 4 is 19.3 Å². The molecule has 2 aromatic heterocycles. The van der Waals surface area contributed by atoms with Gasteiger partial charge in [0.25, 0.3) is 6.26 Å². The highest BCUT2D eigenvalue weighted by Gasteiger charge is 2.22. The van der Waals surface area contributed by atoms with Crippen LogP contribution in [0, 0.1) is 22.8 Å². The molecule has 3 aromatic rings. The quantitative estimate of drug-likeness (QED) is 0.197. The second kappa shape index (κ2) is 12.5. The van der Waals surface area contributed by atoms with Crippen molar-refractivity contribution < 1.29 is 32.8 Å². The monoisotopic (exact) mass is 517 g/mol. The number of carbonyl (C=O) groups is 1. The van der Waals surface area contributed by atoms with Gasteiger partial charge in [0.05, 0.1) is 12.5 Å². The van der Waals surface area contributed by atoms with Crippen LogP contribution < -0.4 is 5.49 Å². The predicted octanol–water partition coefficient (Wildman–Crippen LogP) is 2.90. The Morgan fingerprint density at radius 3 is 2.67 bits per heavy atom. The number of benzene rings is 1. The van der Waals surface area contributed by atoms with E-state index in [4.69, 9.17) is 29.2 Å². The zero-order chi connectivity index (χ0) is 26.1. The summed E-state index contributed by atoms with van der Waals surface area (Å²) < 4.78 is 35.3. The van der Waals surface area contributed by atoms with E-state index >= 15 is 0 Å². The number of aromatic nitrogens is 3. The van der Waals surface area contributed by atoms with E-state index < -0.39 is 20.7 Å². The highest BCUT2D eigenvalue weighted by Crippen LogP contribution is 2.44. The fraction of sp³-hybridized carbons (Fsp3) is 0.391. The van der Waals surface area contributed by atoms with Gasteiger partial charge in [-0.1, -0.05) is 44.2 Å². The SMILES string of the molecule is CC(C)C(=O)OC[C@H](CCc1ccc2c(=N)n(COP(=O)(O)OCc3ccccc3)cnn12)OC#N. The summed E-state index contributed by atoms with van der Waals surface area (Å²) in [4.78, 5) is 21.7. The van der Waals surface area contributed by atoms with Crippen molar-refractivity contribution in [2.24, 2.45) is 5.92 Å². The summed E-state index contributed by atoms with van der Waals surface area (Å²) in [5, 5.41) is 21.6. The number of hydrogen-bond acceptors (Lipinski definition) is 9. The normalized spacial score (nSPS) is 13.8. The van der Waals surface area contributed by atoms with E-state index in [-0.39, 0.29) is 30.6 Å². The summed E-state index contributed by atoms with van der Waals surface area (Å²) in [6.07, 6.45) is 3.14. The summed E-state index contributed by atoms with van der Waals surface area (Å²) in [7, 11) is -4.36. The second-order valence-corrected chi connectivity index (χ2v) is 9.66. The molecule has 0 fully saturated rings. The van der Waals surface area contributed by atoms with Crippen LogP contribution in [-0.4, -0.2) is 37.8 Å². The van der Waals surface area contributed by atoms with Gasteiger partial charge in [0, 0.05) is 5.69 Å². The summed E-state index contributed by atoms with van der Waals surface area (Å²) in [5.74, 6) is -0.660. The Bertz CT molecular complexity index is 1320. The molecule has 36 heavy (non-hydrogen) atoms. The first kappa shape index (κ1) is 27.1. The summed E-state index contributed by atoms with van der Waals surface area (Å²) in [6.45, 7) is 2.88. The van der Waals surface area contributed by atoms with E-state index in [1.807, 2.05) is 6.07 Å². The number of nitriles is 1. The van der Waals surface area contributed by atoms with Gasteiger partial charge in [-0.05, 0) is 30.5 Å². The van der Waals surface area contributed by atoms with Gasteiger partial charge < -0.3 is 14.4 Å². The van der Waals surface area contributed by atoms with Crippen LogP contribution in [-0.2, 0) is 47.6 Å². The van der Waals surface area contributed by atoms with Gasteiger partial charge in [-0.3, -0.25) is 23.8 Å². The van der Waals surface area contributed by atoms with Gasteiger partial charge in [-0.2, -0.15) is 10.4 Å². The number of fused-ring (bicyclic) bond motifs is 1. The minimum atomic E-state index is -4.36. The van der Waals surface area contributed by atoms with Crippen LogP contribution in [0.5, 0.6) is 0 Å². The number of nitrogens with zero attached hydrogens (tertiary/aromatic N) is 4. The third-order valence-corrected chi connectivity index (χ3v) is 6.09. The molecule has 0 aliphatic rings. The number of rotatable bonds is 13. The lowest BCUT2D eigenvalue weighted by atomic mass is 10.1. The first-order chi connectivity index (χ1) is 17.2. The van der Waals surface area contributed by atoms with E-state index in [1.54, 1.807) is 61.0 Å². The molecule has 0 radical (unpaired) electrons. The summed E-state index contributed by atoms with van der Waals surface area (Å²) >= 11 is 0. The van der Waals surface area contributed by atoms with Crippen molar-refractivity contribution in [1.29, 1.82) is 10.7 Å². The second-order valence-electron chi connectivity index (χ2n) is 8.21. The molecule has 2 N–H and O–H groups in total. The Labute approximate surface area is 207 Å². The van der Waals surface area contributed by atoms with Crippen LogP contribution in [0.1, 0.15) is 31.5 Å². The Morgan fingerprint density at radius 2 is 1.97 bits per heavy atom. The molecule has 0 spiro atoms. The molecule has 12 nitrogen and oxygen atoms in total. The maximum Gasteiger partial charge on any atom is 0.474 e. The minimum Gasteiger partial charge on any atom is -0.461 e. The van der Waals surface area contributed by atoms with Crippen molar-refractivity contribution in [3.63, 3.8) is 0 Å². The molecule has 0 saturated carbocycles. The topological polar surface area (TPSA) is 161 Å². The van der Waals surface area contributed by atoms with Gasteiger partial charge >= 0.3 is 13.8 Å². The van der Waals surface area contributed by atoms with E-state index in [2.05, 4.69) is 5.10 Å². The molecule has 0 aliphatic heterocycles. The molecule has 2 heterocycles. The first-order valence-electron chi connectivity index (χ1n) is 11.2. The van der Waals surface area contributed by atoms with E-state index in [1.165, 1.54) is 10.9 Å². The van der Waals surface area contributed by atoms with Crippen molar-refractivity contribution in [2.45, 2.75) is 46.1 Å². The Balaban J connectivity index is 1.61. The van der Waals surface area contributed by atoms with Crippen LogP contribution in [0.25, 0.3) is 5.52 Å². The minimum absolute atomic E-state index is 0.00926. The molecule has 0 saturated heterocycles. The number of nitrogens with one attached hydrogen (secondary N) is 1. The molecule has 0 aliphatic carbocycles. The van der Waals surface area contributed by atoms with Crippen LogP contribution in [0.15, 0.2) is 48.8 Å². The standard InChI is InChI=1S/C23H28N5O7P/c1-17(2)23(29)32-13-20(33-14-24)10-8-19-9-11-21-22(25)27(15-26-28(19)21)16-35-36(30,31)34-12-18-6-4-3-5-7-18/h3-7,9,11,15,17,20,25H,8,10,12-13,16H2,1-2H3,(H,30,31)/t20-/m0/s1.